The van der Waals surface area contributed by atoms with E-state index in [9.17, 15) is 9.50 Å². The monoisotopic (exact) mass is 225 g/mol. The highest BCUT2D eigenvalue weighted by molar-refractivity contribution is 5.44. The third-order valence-electron chi connectivity index (χ3n) is 3.23. The Hall–Kier alpha value is -1.29. The molecule has 1 atom stereocenters. The number of benzene rings is 1. The van der Waals surface area contributed by atoms with Gasteiger partial charge in [0.1, 0.15) is 5.75 Å². The number of aromatic hydroxyl groups is 1. The van der Waals surface area contributed by atoms with Crippen LogP contribution in [0.4, 0.5) is 4.39 Å². The summed E-state index contributed by atoms with van der Waals surface area (Å²) < 4.78 is 18.3. The molecular formula is C12H16FNO2. The Labute approximate surface area is 94.2 Å². The van der Waals surface area contributed by atoms with Crippen molar-refractivity contribution in [1.82, 2.24) is 5.32 Å². The fourth-order valence-electron chi connectivity index (χ4n) is 2.27. The second-order valence-electron chi connectivity index (χ2n) is 4.37. The zero-order chi connectivity index (χ0) is 11.8. The van der Waals surface area contributed by atoms with Crippen molar-refractivity contribution in [3.8, 4) is 11.5 Å². The van der Waals surface area contributed by atoms with Gasteiger partial charge in [0.05, 0.1) is 7.11 Å². The van der Waals surface area contributed by atoms with Crippen molar-refractivity contribution < 1.29 is 14.2 Å². The van der Waals surface area contributed by atoms with Crippen LogP contribution in [0.2, 0.25) is 0 Å². The van der Waals surface area contributed by atoms with Crippen LogP contribution in [0.15, 0.2) is 12.1 Å². The van der Waals surface area contributed by atoms with Crippen LogP contribution in [0.1, 0.15) is 25.3 Å². The first-order chi connectivity index (χ1) is 7.57. The Morgan fingerprint density at radius 1 is 1.50 bits per heavy atom. The van der Waals surface area contributed by atoms with Gasteiger partial charge in [-0.15, -0.1) is 0 Å². The predicted octanol–water partition coefficient (Wildman–Crippen LogP) is 2.14. The number of ether oxygens (including phenoxy) is 1. The maximum atomic E-state index is 13.3. The Morgan fingerprint density at radius 2 is 2.25 bits per heavy atom. The number of methoxy groups -OCH3 is 1. The second-order valence-corrected chi connectivity index (χ2v) is 4.37. The normalized spacial score (nSPS) is 24.7. The van der Waals surface area contributed by atoms with Gasteiger partial charge in [-0.05, 0) is 32.4 Å². The lowest BCUT2D eigenvalue weighted by Crippen LogP contribution is -2.33. The predicted molar refractivity (Wildman–Crippen MR) is 59.2 cm³/mol. The molecule has 0 spiro atoms. The molecule has 1 fully saturated rings. The minimum absolute atomic E-state index is 0.0183. The molecule has 1 aliphatic rings. The highest BCUT2D eigenvalue weighted by Gasteiger charge is 2.33. The van der Waals surface area contributed by atoms with Gasteiger partial charge < -0.3 is 15.2 Å². The molecule has 0 aliphatic carbocycles. The molecule has 1 unspecified atom stereocenters. The van der Waals surface area contributed by atoms with Gasteiger partial charge >= 0.3 is 0 Å². The molecule has 0 radical (unpaired) electrons. The van der Waals surface area contributed by atoms with E-state index in [1.54, 1.807) is 6.07 Å². The lowest BCUT2D eigenvalue weighted by atomic mass is 9.89. The number of halogens is 1. The summed E-state index contributed by atoms with van der Waals surface area (Å²) in [5.41, 5.74) is 0.411. The largest absolute Gasteiger partial charge is 0.507 e. The van der Waals surface area contributed by atoms with Gasteiger partial charge in [-0.2, -0.15) is 0 Å². The second kappa shape index (κ2) is 3.94. The lowest BCUT2D eigenvalue weighted by Gasteiger charge is -2.26. The molecule has 16 heavy (non-hydrogen) atoms. The summed E-state index contributed by atoms with van der Waals surface area (Å²) in [5, 5.41) is 13.1. The van der Waals surface area contributed by atoms with Crippen molar-refractivity contribution in [2.45, 2.75) is 25.3 Å². The minimum Gasteiger partial charge on any atom is -0.507 e. The molecule has 0 saturated carbocycles. The molecule has 1 aromatic carbocycles. The van der Waals surface area contributed by atoms with Crippen molar-refractivity contribution >= 4 is 0 Å². The summed E-state index contributed by atoms with van der Waals surface area (Å²) in [6, 6.07) is 2.68. The van der Waals surface area contributed by atoms with E-state index in [0.717, 1.165) is 25.5 Å². The summed E-state index contributed by atoms with van der Waals surface area (Å²) in [4.78, 5) is 0. The number of hydrogen-bond acceptors (Lipinski definition) is 3. The maximum Gasteiger partial charge on any atom is 0.168 e. The highest BCUT2D eigenvalue weighted by Crippen LogP contribution is 2.38. The molecule has 3 nitrogen and oxygen atoms in total. The standard InChI is InChI=1S/C12H16FNO2/c1-12(4-3-5-14-12)8-6-11(16-2)9(13)7-10(8)15/h6-7,14-15H,3-5H2,1-2H3. The van der Waals surface area contributed by atoms with Crippen molar-refractivity contribution in [1.29, 1.82) is 0 Å². The van der Waals surface area contributed by atoms with Crippen LogP contribution in [-0.2, 0) is 5.54 Å². The van der Waals surface area contributed by atoms with Crippen LogP contribution in [0.5, 0.6) is 11.5 Å². The SMILES string of the molecule is COc1cc(C2(C)CCCN2)c(O)cc1F. The number of phenolic OH excluding ortho intramolecular Hbond substituents is 1. The average Bonchev–Trinajstić information content (AvgIpc) is 2.66. The Balaban J connectivity index is 2.47. The van der Waals surface area contributed by atoms with E-state index in [2.05, 4.69) is 5.32 Å². The molecule has 1 heterocycles. The molecule has 2 rings (SSSR count). The third-order valence-corrected chi connectivity index (χ3v) is 3.23. The molecule has 1 aromatic rings. The molecule has 88 valence electrons. The van der Waals surface area contributed by atoms with Crippen molar-refractivity contribution in [2.75, 3.05) is 13.7 Å². The van der Waals surface area contributed by atoms with Crippen molar-refractivity contribution in [3.05, 3.63) is 23.5 Å². The van der Waals surface area contributed by atoms with Gasteiger partial charge in [0, 0.05) is 17.2 Å². The van der Waals surface area contributed by atoms with Gasteiger partial charge in [-0.3, -0.25) is 0 Å². The van der Waals surface area contributed by atoms with E-state index in [4.69, 9.17) is 4.74 Å². The molecule has 4 heteroatoms. The summed E-state index contributed by atoms with van der Waals surface area (Å²) in [5.74, 6) is -0.386. The Kier molecular flexibility index (Phi) is 2.76. The summed E-state index contributed by atoms with van der Waals surface area (Å²) in [6.07, 6.45) is 1.98. The summed E-state index contributed by atoms with van der Waals surface area (Å²) in [7, 11) is 1.42. The fraction of sp³-hybridized carbons (Fsp3) is 0.500. The summed E-state index contributed by atoms with van der Waals surface area (Å²) >= 11 is 0. The zero-order valence-corrected chi connectivity index (χ0v) is 9.51. The van der Waals surface area contributed by atoms with Crippen LogP contribution < -0.4 is 10.1 Å². The minimum atomic E-state index is -0.537. The highest BCUT2D eigenvalue weighted by atomic mass is 19.1. The van der Waals surface area contributed by atoms with Gasteiger partial charge in [0.15, 0.2) is 11.6 Å². The molecule has 0 amide bonds. The molecule has 0 aromatic heterocycles. The van der Waals surface area contributed by atoms with Gasteiger partial charge in [-0.25, -0.2) is 4.39 Å². The van der Waals surface area contributed by atoms with Crippen LogP contribution in [0.25, 0.3) is 0 Å². The third kappa shape index (κ3) is 1.73. The molecular weight excluding hydrogens is 209 g/mol. The number of hydrogen-bond donors (Lipinski definition) is 2. The average molecular weight is 225 g/mol. The van der Waals surface area contributed by atoms with Gasteiger partial charge in [0.25, 0.3) is 0 Å². The first-order valence-electron chi connectivity index (χ1n) is 5.39. The smallest absolute Gasteiger partial charge is 0.168 e. The zero-order valence-electron chi connectivity index (χ0n) is 9.51. The van der Waals surface area contributed by atoms with E-state index >= 15 is 0 Å². The van der Waals surface area contributed by atoms with Crippen molar-refractivity contribution in [3.63, 3.8) is 0 Å². The van der Waals surface area contributed by atoms with E-state index in [1.165, 1.54) is 7.11 Å². The van der Waals surface area contributed by atoms with E-state index in [-0.39, 0.29) is 17.0 Å². The van der Waals surface area contributed by atoms with E-state index < -0.39 is 5.82 Å². The first-order valence-corrected chi connectivity index (χ1v) is 5.39. The van der Waals surface area contributed by atoms with Crippen LogP contribution in [-0.4, -0.2) is 18.8 Å². The number of nitrogens with one attached hydrogen (secondary N) is 1. The molecule has 1 aliphatic heterocycles. The Morgan fingerprint density at radius 3 is 2.81 bits per heavy atom. The fourth-order valence-corrected chi connectivity index (χ4v) is 2.27. The Bertz CT molecular complexity index is 400. The maximum absolute atomic E-state index is 13.3. The van der Waals surface area contributed by atoms with Gasteiger partial charge in [0.2, 0.25) is 0 Å². The lowest BCUT2D eigenvalue weighted by molar-refractivity contribution is 0.364. The quantitative estimate of drug-likeness (QED) is 0.810. The first kappa shape index (κ1) is 11.2. The van der Waals surface area contributed by atoms with Gasteiger partial charge in [-0.1, -0.05) is 0 Å². The topological polar surface area (TPSA) is 41.5 Å². The van der Waals surface area contributed by atoms with E-state index in [0.29, 0.717) is 5.56 Å². The molecule has 0 bridgehead atoms. The molecule has 1 saturated heterocycles. The number of phenols is 1. The van der Waals surface area contributed by atoms with Crippen molar-refractivity contribution in [2.24, 2.45) is 0 Å². The van der Waals surface area contributed by atoms with Crippen LogP contribution in [0, 0.1) is 5.82 Å². The van der Waals surface area contributed by atoms with Crippen LogP contribution in [0.3, 0.4) is 0 Å². The van der Waals surface area contributed by atoms with Crippen LogP contribution >= 0.6 is 0 Å². The number of rotatable bonds is 2. The molecule has 2 N–H and O–H groups in total. The summed E-state index contributed by atoms with van der Waals surface area (Å²) in [6.45, 7) is 2.92. The van der Waals surface area contributed by atoms with E-state index in [1.807, 2.05) is 6.92 Å².